The fourth-order valence-electron chi connectivity index (χ4n) is 6.81. The molecule has 0 saturated carbocycles. The number of carboxylic acids is 1. The summed E-state index contributed by atoms with van der Waals surface area (Å²) in [5.41, 5.74) is 2.74. The van der Waals surface area contributed by atoms with Crippen molar-refractivity contribution in [3.63, 3.8) is 0 Å². The van der Waals surface area contributed by atoms with Gasteiger partial charge >= 0.3 is 5.97 Å². The number of benzene rings is 2. The summed E-state index contributed by atoms with van der Waals surface area (Å²) in [6, 6.07) is 11.6. The molecule has 4 aromatic rings. The van der Waals surface area contributed by atoms with Crippen LogP contribution in [0.2, 0.25) is 0 Å². The van der Waals surface area contributed by atoms with Gasteiger partial charge in [-0.25, -0.2) is 18.6 Å². The Morgan fingerprint density at radius 2 is 1.83 bits per heavy atom. The molecule has 1 fully saturated rings. The van der Waals surface area contributed by atoms with E-state index in [0.29, 0.717) is 53.5 Å². The molecule has 10 heteroatoms. The molecule has 1 N–H and O–H groups in total. The van der Waals surface area contributed by atoms with Crippen LogP contribution in [0.3, 0.4) is 0 Å². The van der Waals surface area contributed by atoms with E-state index in [2.05, 4.69) is 11.8 Å². The Bertz CT molecular complexity index is 1820. The van der Waals surface area contributed by atoms with Gasteiger partial charge < -0.3 is 24.2 Å². The molecule has 6 bridgehead atoms. The van der Waals surface area contributed by atoms with E-state index in [-0.39, 0.29) is 23.0 Å². The number of carboxylic acid groups (broad SMARTS) is 1. The largest absolute Gasteiger partial charge is 0.490 e. The molecule has 3 aliphatic rings. The van der Waals surface area contributed by atoms with Crippen molar-refractivity contribution in [1.29, 1.82) is 0 Å². The number of piperidine rings is 1. The fourth-order valence-corrected chi connectivity index (χ4v) is 6.81. The van der Waals surface area contributed by atoms with Crippen LogP contribution in [0.4, 0.5) is 14.6 Å². The molecule has 3 aliphatic heterocycles. The van der Waals surface area contributed by atoms with Gasteiger partial charge in [0.05, 0.1) is 28.6 Å². The first kappa shape index (κ1) is 33.9. The lowest BCUT2D eigenvalue weighted by Crippen LogP contribution is -2.45. The number of anilines is 1. The number of aliphatic carboxylic acids is 1. The van der Waals surface area contributed by atoms with Gasteiger partial charge in [0.15, 0.2) is 17.7 Å². The number of halogens is 2. The third-order valence-corrected chi connectivity index (χ3v) is 9.34. The third-order valence-electron chi connectivity index (χ3n) is 9.34. The number of carbonyl (C=O) groups is 1. The molecule has 0 radical (unpaired) electrons. The summed E-state index contributed by atoms with van der Waals surface area (Å²) in [4.78, 5) is 20.0. The van der Waals surface area contributed by atoms with Crippen molar-refractivity contribution in [2.45, 2.75) is 97.1 Å². The van der Waals surface area contributed by atoms with Gasteiger partial charge in [-0.05, 0) is 109 Å². The molecule has 2 aromatic carbocycles. The van der Waals surface area contributed by atoms with Gasteiger partial charge in [0.2, 0.25) is 0 Å². The Morgan fingerprint density at radius 1 is 1.10 bits per heavy atom. The van der Waals surface area contributed by atoms with Crippen LogP contribution < -0.4 is 9.64 Å². The molecule has 0 amide bonds. The number of rotatable bonds is 3. The minimum Gasteiger partial charge on any atom is -0.490 e. The molecule has 0 spiro atoms. The number of ether oxygens (including phenoxy) is 3. The third kappa shape index (κ3) is 6.91. The molecule has 7 rings (SSSR count). The van der Waals surface area contributed by atoms with Crippen molar-refractivity contribution in [1.82, 2.24) is 9.38 Å². The van der Waals surface area contributed by atoms with Gasteiger partial charge in [-0.15, -0.1) is 0 Å². The number of hydrogen-bond donors (Lipinski definition) is 1. The van der Waals surface area contributed by atoms with E-state index >= 15 is 4.39 Å². The Morgan fingerprint density at radius 3 is 2.54 bits per heavy atom. The Labute approximate surface area is 280 Å². The molecular formula is C38H45F2N3O5. The molecule has 0 aliphatic carbocycles. The zero-order chi connectivity index (χ0) is 34.4. The highest BCUT2D eigenvalue weighted by atomic mass is 19.2. The summed E-state index contributed by atoms with van der Waals surface area (Å²) in [6.07, 6.45) is 4.41. The quantitative estimate of drug-likeness (QED) is 0.236. The van der Waals surface area contributed by atoms with Crippen LogP contribution in [0.1, 0.15) is 84.0 Å². The van der Waals surface area contributed by atoms with E-state index in [9.17, 15) is 14.3 Å². The normalized spacial score (nSPS) is 21.2. The number of aryl methyl sites for hydroxylation is 1. The Kier molecular flexibility index (Phi) is 9.26. The van der Waals surface area contributed by atoms with Crippen LogP contribution in [0.15, 0.2) is 48.7 Å². The summed E-state index contributed by atoms with van der Waals surface area (Å²) >= 11 is 0. The van der Waals surface area contributed by atoms with Crippen molar-refractivity contribution in [2.24, 2.45) is 0 Å². The second-order valence-electron chi connectivity index (χ2n) is 14.4. The maximum Gasteiger partial charge on any atom is 0.337 e. The van der Waals surface area contributed by atoms with Crippen LogP contribution in [-0.4, -0.2) is 57.5 Å². The Hall–Kier alpha value is -4.02. The fraction of sp³-hybridized carbons (Fsp3) is 0.474. The van der Waals surface area contributed by atoms with Crippen LogP contribution in [0, 0.1) is 18.6 Å². The monoisotopic (exact) mass is 661 g/mol. The van der Waals surface area contributed by atoms with E-state index < -0.39 is 29.3 Å². The van der Waals surface area contributed by atoms with Gasteiger partial charge in [-0.1, -0.05) is 18.2 Å². The van der Waals surface area contributed by atoms with Crippen molar-refractivity contribution in [3.8, 4) is 28.1 Å². The van der Waals surface area contributed by atoms with Crippen LogP contribution in [-0.2, 0) is 14.3 Å². The lowest BCUT2D eigenvalue weighted by molar-refractivity contribution is -0.160. The summed E-state index contributed by atoms with van der Waals surface area (Å²) < 4.78 is 51.0. The topological polar surface area (TPSA) is 85.5 Å². The van der Waals surface area contributed by atoms with Gasteiger partial charge in [0.1, 0.15) is 17.2 Å². The van der Waals surface area contributed by atoms with Gasteiger partial charge in [-0.3, -0.25) is 4.40 Å². The number of nitrogens with zero attached hydrogens (tertiary/aromatic N) is 3. The number of aromatic nitrogens is 2. The number of fused-ring (bicyclic) bond motifs is 8. The molecule has 2 aromatic heterocycles. The average molecular weight is 662 g/mol. The maximum atomic E-state index is 15.5. The maximum absolute atomic E-state index is 15.5. The number of pyridine rings is 1. The van der Waals surface area contributed by atoms with Crippen molar-refractivity contribution in [2.75, 3.05) is 24.6 Å². The second kappa shape index (κ2) is 13.1. The van der Waals surface area contributed by atoms with Gasteiger partial charge in [0.25, 0.3) is 0 Å². The summed E-state index contributed by atoms with van der Waals surface area (Å²) in [6.45, 7) is 13.4. The molecular weight excluding hydrogens is 616 g/mol. The number of imidazole rings is 1. The van der Waals surface area contributed by atoms with Gasteiger partial charge in [-0.2, -0.15) is 0 Å². The Balaban J connectivity index is 1.55. The molecule has 48 heavy (non-hydrogen) atoms. The average Bonchev–Trinajstić information content (AvgIpc) is 3.44. The lowest BCUT2D eigenvalue weighted by Gasteiger charge is -2.41. The zero-order valence-electron chi connectivity index (χ0n) is 28.6. The van der Waals surface area contributed by atoms with E-state index in [1.165, 1.54) is 6.07 Å². The molecule has 0 unspecified atom stereocenters. The summed E-state index contributed by atoms with van der Waals surface area (Å²) in [7, 11) is 0. The molecule has 5 heterocycles. The first-order valence-electron chi connectivity index (χ1n) is 16.8. The zero-order valence-corrected chi connectivity index (χ0v) is 28.6. The first-order valence-corrected chi connectivity index (χ1v) is 16.8. The predicted octanol–water partition coefficient (Wildman–Crippen LogP) is 8.52. The van der Waals surface area contributed by atoms with Crippen LogP contribution in [0.25, 0.3) is 28.0 Å². The molecule has 2 atom stereocenters. The van der Waals surface area contributed by atoms with Crippen LogP contribution in [0.5, 0.6) is 5.75 Å². The summed E-state index contributed by atoms with van der Waals surface area (Å²) in [5, 5.41) is 10.5. The smallest absolute Gasteiger partial charge is 0.337 e. The van der Waals surface area contributed by atoms with E-state index in [4.69, 9.17) is 19.2 Å². The lowest BCUT2D eigenvalue weighted by atomic mass is 9.92. The minimum absolute atomic E-state index is 0.0593. The second-order valence-corrected chi connectivity index (χ2v) is 14.4. The standard InChI is InChI=1S/C38H45F2N3O5/c1-23-20-30-41-28-22-43(30)35(31(23)34(36(44)45)48-37(3,4)5)42-17-15-38(6,16-18-42)46-19-8-7-10-24(2)47-29-14-13-27(39)33(40)32(29)26-12-9-11-25(28)21-26/h9,11-14,20-22,24,34H,7-8,10,15-19H2,1-6H3,(H,44,45)/t24-,34+/m1/s1. The van der Waals surface area contributed by atoms with Crippen molar-refractivity contribution < 1.29 is 32.9 Å². The van der Waals surface area contributed by atoms with Crippen molar-refractivity contribution >= 4 is 17.4 Å². The molecule has 256 valence electrons. The van der Waals surface area contributed by atoms with Crippen LogP contribution >= 0.6 is 0 Å². The SMILES string of the molecule is Cc1cc2nc3cn2c(c1[C@H](OC(C)(C)C)C(=O)O)N1CCC(C)(CC1)OCCCC[C@@H](C)Oc1ccc(F)c(F)c1-c1cccc-3c1. The highest BCUT2D eigenvalue weighted by molar-refractivity contribution is 5.80. The predicted molar refractivity (Wildman–Crippen MR) is 182 cm³/mol. The van der Waals surface area contributed by atoms with E-state index in [0.717, 1.165) is 43.7 Å². The molecule has 8 nitrogen and oxygen atoms in total. The van der Waals surface area contributed by atoms with E-state index in [1.807, 2.05) is 57.3 Å². The van der Waals surface area contributed by atoms with E-state index in [1.54, 1.807) is 18.2 Å². The molecule has 1 saturated heterocycles. The summed E-state index contributed by atoms with van der Waals surface area (Å²) in [5.74, 6) is -2.00. The number of hydrogen-bond acceptors (Lipinski definition) is 6. The van der Waals surface area contributed by atoms with Crippen molar-refractivity contribution in [3.05, 3.63) is 71.4 Å². The first-order chi connectivity index (χ1) is 22.7. The highest BCUT2D eigenvalue weighted by Gasteiger charge is 2.37. The minimum atomic E-state index is -1.22. The van der Waals surface area contributed by atoms with Gasteiger partial charge in [0, 0.05) is 37.0 Å². The highest BCUT2D eigenvalue weighted by Crippen LogP contribution is 2.41.